The van der Waals surface area contributed by atoms with Crippen LogP contribution in [0.2, 0.25) is 5.02 Å². The van der Waals surface area contributed by atoms with Crippen LogP contribution in [-0.2, 0) is 0 Å². The first kappa shape index (κ1) is 15.3. The minimum absolute atomic E-state index is 0.120. The van der Waals surface area contributed by atoms with Crippen molar-refractivity contribution in [2.75, 3.05) is 6.54 Å². The van der Waals surface area contributed by atoms with Crippen LogP contribution in [0.5, 0.6) is 5.75 Å². The van der Waals surface area contributed by atoms with Crippen LogP contribution in [0.25, 0.3) is 0 Å². The van der Waals surface area contributed by atoms with E-state index in [0.717, 1.165) is 30.2 Å². The molecule has 0 aromatic heterocycles. The van der Waals surface area contributed by atoms with E-state index in [1.807, 2.05) is 24.3 Å². The molecule has 0 aliphatic rings. The van der Waals surface area contributed by atoms with Gasteiger partial charge < -0.3 is 10.1 Å². The average Bonchev–Trinajstić information content (AvgIpc) is 2.28. The molecule has 0 amide bonds. The highest BCUT2D eigenvalue weighted by atomic mass is 35.5. The molecule has 2 nitrogen and oxygen atoms in total. The molecule has 0 saturated carbocycles. The van der Waals surface area contributed by atoms with Crippen molar-refractivity contribution in [3.63, 3.8) is 0 Å². The molecule has 1 aromatic carbocycles. The fourth-order valence-corrected chi connectivity index (χ4v) is 1.78. The normalized spacial score (nSPS) is 13.4. The van der Waals surface area contributed by atoms with Crippen LogP contribution in [0, 0.1) is 0 Å². The van der Waals surface area contributed by atoms with E-state index < -0.39 is 0 Å². The fraction of sp³-hybridized carbons (Fsp3) is 0.600. The zero-order valence-corrected chi connectivity index (χ0v) is 12.6. The van der Waals surface area contributed by atoms with Crippen LogP contribution in [0.4, 0.5) is 0 Å². The standard InChI is InChI=1S/C15H24ClNO/c1-5-6-14(11-17-15(2,3)4)18-13-9-7-12(16)8-10-13/h7-10,14,17H,5-6,11H2,1-4H3. The molecular formula is C15H24ClNO. The lowest BCUT2D eigenvalue weighted by atomic mass is 10.1. The summed E-state index contributed by atoms with van der Waals surface area (Å²) in [6, 6.07) is 7.55. The number of ether oxygens (including phenoxy) is 1. The Labute approximate surface area is 116 Å². The minimum Gasteiger partial charge on any atom is -0.489 e. The van der Waals surface area contributed by atoms with E-state index in [1.165, 1.54) is 0 Å². The molecule has 0 aliphatic carbocycles. The lowest BCUT2D eigenvalue weighted by Crippen LogP contribution is -2.42. The van der Waals surface area contributed by atoms with Crippen molar-refractivity contribution >= 4 is 11.6 Å². The summed E-state index contributed by atoms with van der Waals surface area (Å²) in [5.74, 6) is 0.883. The summed E-state index contributed by atoms with van der Waals surface area (Å²) in [5.41, 5.74) is 0.120. The lowest BCUT2D eigenvalue weighted by Gasteiger charge is -2.26. The maximum atomic E-state index is 5.98. The Morgan fingerprint density at radius 1 is 1.22 bits per heavy atom. The fourth-order valence-electron chi connectivity index (χ4n) is 1.65. The second-order valence-corrected chi connectivity index (χ2v) is 6.05. The highest BCUT2D eigenvalue weighted by Crippen LogP contribution is 2.18. The van der Waals surface area contributed by atoms with Crippen molar-refractivity contribution in [1.29, 1.82) is 0 Å². The van der Waals surface area contributed by atoms with E-state index in [-0.39, 0.29) is 11.6 Å². The molecule has 0 aliphatic heterocycles. The largest absolute Gasteiger partial charge is 0.489 e. The second-order valence-electron chi connectivity index (χ2n) is 5.61. The Hall–Kier alpha value is -0.730. The van der Waals surface area contributed by atoms with E-state index >= 15 is 0 Å². The number of halogens is 1. The average molecular weight is 270 g/mol. The van der Waals surface area contributed by atoms with Crippen LogP contribution in [0.3, 0.4) is 0 Å². The van der Waals surface area contributed by atoms with Crippen molar-refractivity contribution in [2.24, 2.45) is 0 Å². The second kappa shape index (κ2) is 7.01. The SMILES string of the molecule is CCCC(CNC(C)(C)C)Oc1ccc(Cl)cc1. The van der Waals surface area contributed by atoms with Crippen molar-refractivity contribution in [2.45, 2.75) is 52.2 Å². The quantitative estimate of drug-likeness (QED) is 0.832. The molecule has 18 heavy (non-hydrogen) atoms. The summed E-state index contributed by atoms with van der Waals surface area (Å²) in [5, 5.41) is 4.23. The van der Waals surface area contributed by atoms with Crippen LogP contribution in [0.1, 0.15) is 40.5 Å². The van der Waals surface area contributed by atoms with Crippen molar-refractivity contribution < 1.29 is 4.74 Å². The highest BCUT2D eigenvalue weighted by molar-refractivity contribution is 6.30. The Kier molecular flexibility index (Phi) is 5.97. The topological polar surface area (TPSA) is 21.3 Å². The maximum absolute atomic E-state index is 5.98. The minimum atomic E-state index is 0.120. The molecule has 0 saturated heterocycles. The van der Waals surface area contributed by atoms with E-state index in [0.29, 0.717) is 0 Å². The van der Waals surface area contributed by atoms with Gasteiger partial charge in [-0.1, -0.05) is 24.9 Å². The summed E-state index contributed by atoms with van der Waals surface area (Å²) in [6.45, 7) is 9.53. The third-order valence-corrected chi connectivity index (χ3v) is 2.84. The van der Waals surface area contributed by atoms with Gasteiger partial charge in [-0.25, -0.2) is 0 Å². The molecule has 1 rings (SSSR count). The van der Waals surface area contributed by atoms with Gasteiger partial charge in [0.05, 0.1) is 0 Å². The van der Waals surface area contributed by atoms with Crippen molar-refractivity contribution in [3.05, 3.63) is 29.3 Å². The van der Waals surface area contributed by atoms with Crippen LogP contribution in [-0.4, -0.2) is 18.2 Å². The molecule has 0 radical (unpaired) electrons. The number of benzene rings is 1. The zero-order chi connectivity index (χ0) is 13.6. The first-order valence-electron chi connectivity index (χ1n) is 6.58. The summed E-state index contributed by atoms with van der Waals surface area (Å²) in [6.07, 6.45) is 2.37. The monoisotopic (exact) mass is 269 g/mol. The molecule has 0 heterocycles. The smallest absolute Gasteiger partial charge is 0.119 e. The Balaban J connectivity index is 2.54. The summed E-state index contributed by atoms with van der Waals surface area (Å²) in [4.78, 5) is 0. The summed E-state index contributed by atoms with van der Waals surface area (Å²) >= 11 is 5.86. The predicted molar refractivity (Wildman–Crippen MR) is 78.5 cm³/mol. The molecule has 0 bridgehead atoms. The molecule has 102 valence electrons. The number of hydrogen-bond donors (Lipinski definition) is 1. The molecule has 0 spiro atoms. The van der Waals surface area contributed by atoms with E-state index in [4.69, 9.17) is 16.3 Å². The predicted octanol–water partition coefficient (Wildman–Crippen LogP) is 4.28. The van der Waals surface area contributed by atoms with E-state index in [9.17, 15) is 0 Å². The summed E-state index contributed by atoms with van der Waals surface area (Å²) < 4.78 is 5.98. The van der Waals surface area contributed by atoms with Crippen LogP contribution < -0.4 is 10.1 Å². The third kappa shape index (κ3) is 6.27. The molecule has 1 aromatic rings. The highest BCUT2D eigenvalue weighted by Gasteiger charge is 2.14. The van der Waals surface area contributed by atoms with Crippen molar-refractivity contribution in [1.82, 2.24) is 5.32 Å². The van der Waals surface area contributed by atoms with Gasteiger partial charge in [-0.05, 0) is 51.5 Å². The Morgan fingerprint density at radius 3 is 2.33 bits per heavy atom. The zero-order valence-electron chi connectivity index (χ0n) is 11.8. The number of nitrogens with one attached hydrogen (secondary N) is 1. The molecule has 0 fully saturated rings. The van der Waals surface area contributed by atoms with Gasteiger partial charge in [-0.2, -0.15) is 0 Å². The molecule has 1 unspecified atom stereocenters. The molecule has 1 N–H and O–H groups in total. The van der Waals surface area contributed by atoms with E-state index in [1.54, 1.807) is 0 Å². The van der Waals surface area contributed by atoms with Gasteiger partial charge in [-0.3, -0.25) is 0 Å². The van der Waals surface area contributed by atoms with Gasteiger partial charge in [0.25, 0.3) is 0 Å². The summed E-state index contributed by atoms with van der Waals surface area (Å²) in [7, 11) is 0. The Morgan fingerprint density at radius 2 is 1.83 bits per heavy atom. The van der Waals surface area contributed by atoms with Crippen LogP contribution in [0.15, 0.2) is 24.3 Å². The van der Waals surface area contributed by atoms with Crippen LogP contribution >= 0.6 is 11.6 Å². The molecule has 3 heteroatoms. The van der Waals surface area contributed by atoms with Gasteiger partial charge in [0, 0.05) is 17.1 Å². The van der Waals surface area contributed by atoms with Gasteiger partial charge >= 0.3 is 0 Å². The van der Waals surface area contributed by atoms with Gasteiger partial charge in [-0.15, -0.1) is 0 Å². The first-order chi connectivity index (χ1) is 8.40. The van der Waals surface area contributed by atoms with E-state index in [2.05, 4.69) is 33.0 Å². The van der Waals surface area contributed by atoms with Gasteiger partial charge in [0.2, 0.25) is 0 Å². The lowest BCUT2D eigenvalue weighted by molar-refractivity contribution is 0.175. The third-order valence-electron chi connectivity index (χ3n) is 2.59. The van der Waals surface area contributed by atoms with Gasteiger partial charge in [0.1, 0.15) is 11.9 Å². The first-order valence-corrected chi connectivity index (χ1v) is 6.96. The number of rotatable bonds is 6. The maximum Gasteiger partial charge on any atom is 0.119 e. The Bertz CT molecular complexity index is 343. The molecule has 1 atom stereocenters. The number of hydrogen-bond acceptors (Lipinski definition) is 2. The van der Waals surface area contributed by atoms with Gasteiger partial charge in [0.15, 0.2) is 0 Å². The van der Waals surface area contributed by atoms with Crippen molar-refractivity contribution in [3.8, 4) is 5.75 Å². The molecular weight excluding hydrogens is 246 g/mol.